The largest absolute Gasteiger partial charge is 0.395 e. The van der Waals surface area contributed by atoms with Crippen LogP contribution in [-0.4, -0.2) is 27.8 Å². The van der Waals surface area contributed by atoms with Crippen LogP contribution in [0.4, 0.5) is 5.69 Å². The Hall–Kier alpha value is -2.29. The molecule has 0 saturated heterocycles. The third-order valence-electron chi connectivity index (χ3n) is 2.76. The summed E-state index contributed by atoms with van der Waals surface area (Å²) in [5.74, 6) is 5.42. The van der Waals surface area contributed by atoms with Crippen molar-refractivity contribution in [2.75, 3.05) is 11.9 Å². The predicted molar refractivity (Wildman–Crippen MR) is 81.3 cm³/mol. The Balaban J connectivity index is 2.20. The molecule has 108 valence electrons. The molecule has 1 heterocycles. The van der Waals surface area contributed by atoms with Crippen LogP contribution in [0.2, 0.25) is 5.02 Å². The summed E-state index contributed by atoms with van der Waals surface area (Å²) in [7, 11) is 0. The number of nitrogens with zero attached hydrogens (tertiary/aromatic N) is 1. The Labute approximate surface area is 127 Å². The Kier molecular flexibility index (Phi) is 4.99. The number of aromatic nitrogens is 2. The Morgan fingerprint density at radius 1 is 1.52 bits per heavy atom. The predicted octanol–water partition coefficient (Wildman–Crippen LogP) is 2.36. The topological polar surface area (TPSA) is 78.0 Å². The van der Waals surface area contributed by atoms with E-state index >= 15 is 0 Å². The summed E-state index contributed by atoms with van der Waals surface area (Å²) in [4.78, 5) is 12.1. The molecular weight excluding hydrogens is 290 g/mol. The van der Waals surface area contributed by atoms with Gasteiger partial charge in [0.15, 0.2) is 0 Å². The van der Waals surface area contributed by atoms with Gasteiger partial charge in [-0.25, -0.2) is 0 Å². The van der Waals surface area contributed by atoms with Crippen molar-refractivity contribution >= 4 is 23.2 Å². The smallest absolute Gasteiger partial charge is 0.259 e. The number of amides is 1. The second-order valence-electron chi connectivity index (χ2n) is 4.33. The van der Waals surface area contributed by atoms with Gasteiger partial charge in [-0.15, -0.1) is 0 Å². The molecule has 3 N–H and O–H groups in total. The summed E-state index contributed by atoms with van der Waals surface area (Å²) >= 11 is 6.08. The van der Waals surface area contributed by atoms with E-state index in [-0.39, 0.29) is 12.5 Å². The van der Waals surface area contributed by atoms with Crippen molar-refractivity contribution < 1.29 is 9.90 Å². The summed E-state index contributed by atoms with van der Waals surface area (Å²) in [5, 5.41) is 18.4. The number of nitrogens with one attached hydrogen (secondary N) is 2. The van der Waals surface area contributed by atoms with Gasteiger partial charge >= 0.3 is 0 Å². The molecule has 0 aliphatic rings. The molecule has 1 aromatic carbocycles. The molecule has 6 heteroatoms. The van der Waals surface area contributed by atoms with E-state index in [2.05, 4.69) is 27.4 Å². The lowest BCUT2D eigenvalue weighted by Crippen LogP contribution is -2.12. The van der Waals surface area contributed by atoms with Crippen molar-refractivity contribution in [1.82, 2.24) is 10.2 Å². The summed E-state index contributed by atoms with van der Waals surface area (Å²) in [5.41, 5.74) is 2.34. The number of carbonyl (C=O) groups excluding carboxylic acids is 1. The number of H-pyrrole nitrogens is 1. The number of hydrogen-bond acceptors (Lipinski definition) is 3. The molecule has 1 aromatic heterocycles. The third-order valence-corrected chi connectivity index (χ3v) is 3.09. The maximum atomic E-state index is 12.1. The zero-order valence-corrected chi connectivity index (χ0v) is 12.2. The van der Waals surface area contributed by atoms with Crippen LogP contribution in [0.5, 0.6) is 0 Å². The molecule has 1 amide bonds. The van der Waals surface area contributed by atoms with Gasteiger partial charge in [0, 0.05) is 17.7 Å². The highest BCUT2D eigenvalue weighted by Crippen LogP contribution is 2.23. The van der Waals surface area contributed by atoms with E-state index in [1.54, 1.807) is 25.1 Å². The second kappa shape index (κ2) is 6.93. The van der Waals surface area contributed by atoms with Crippen molar-refractivity contribution in [3.8, 4) is 11.8 Å². The first-order valence-electron chi connectivity index (χ1n) is 6.32. The Bertz CT molecular complexity index is 713. The molecule has 0 aliphatic heterocycles. The zero-order chi connectivity index (χ0) is 15.2. The molecular formula is C15H14ClN3O2. The minimum atomic E-state index is -0.288. The highest BCUT2D eigenvalue weighted by Gasteiger charge is 2.12. The van der Waals surface area contributed by atoms with Crippen molar-refractivity contribution in [2.24, 2.45) is 0 Å². The zero-order valence-electron chi connectivity index (χ0n) is 11.4. The van der Waals surface area contributed by atoms with E-state index in [1.807, 2.05) is 0 Å². The lowest BCUT2D eigenvalue weighted by molar-refractivity contribution is 0.102. The molecule has 0 saturated carbocycles. The van der Waals surface area contributed by atoms with Crippen molar-refractivity contribution in [3.63, 3.8) is 0 Å². The first-order chi connectivity index (χ1) is 10.1. The lowest BCUT2D eigenvalue weighted by atomic mass is 10.2. The van der Waals surface area contributed by atoms with E-state index in [4.69, 9.17) is 16.7 Å². The van der Waals surface area contributed by atoms with Gasteiger partial charge in [0.2, 0.25) is 0 Å². The fraction of sp³-hybridized carbons (Fsp3) is 0.200. The monoisotopic (exact) mass is 303 g/mol. The number of aromatic amines is 1. The van der Waals surface area contributed by atoms with Gasteiger partial charge in [-0.2, -0.15) is 5.10 Å². The Morgan fingerprint density at radius 3 is 3.00 bits per heavy atom. The van der Waals surface area contributed by atoms with Crippen molar-refractivity contribution in [2.45, 2.75) is 13.3 Å². The number of anilines is 1. The van der Waals surface area contributed by atoms with E-state index in [9.17, 15) is 4.79 Å². The molecule has 2 rings (SSSR count). The number of aryl methyl sites for hydroxylation is 1. The van der Waals surface area contributed by atoms with Gasteiger partial charge in [0.05, 0.1) is 29.1 Å². The van der Waals surface area contributed by atoms with E-state index in [0.717, 1.165) is 0 Å². The quantitative estimate of drug-likeness (QED) is 0.762. The molecule has 0 spiro atoms. The van der Waals surface area contributed by atoms with E-state index in [0.29, 0.717) is 34.0 Å². The molecule has 0 aliphatic carbocycles. The van der Waals surface area contributed by atoms with Crippen LogP contribution in [0.3, 0.4) is 0 Å². The molecule has 0 atom stereocenters. The van der Waals surface area contributed by atoms with Gasteiger partial charge in [-0.05, 0) is 25.1 Å². The van der Waals surface area contributed by atoms with Crippen LogP contribution in [0.1, 0.15) is 28.0 Å². The SMILES string of the molecule is Cc1[nH]ncc1C(=O)Nc1cc(C#CCCO)ccc1Cl. The summed E-state index contributed by atoms with van der Waals surface area (Å²) in [6.07, 6.45) is 1.86. The van der Waals surface area contributed by atoms with Crippen LogP contribution in [0.15, 0.2) is 24.4 Å². The minimum Gasteiger partial charge on any atom is -0.395 e. The fourth-order valence-corrected chi connectivity index (χ4v) is 1.85. The maximum absolute atomic E-state index is 12.1. The van der Waals surface area contributed by atoms with Gasteiger partial charge in [0.1, 0.15) is 0 Å². The Morgan fingerprint density at radius 2 is 2.33 bits per heavy atom. The van der Waals surface area contributed by atoms with Crippen LogP contribution in [0.25, 0.3) is 0 Å². The van der Waals surface area contributed by atoms with Gasteiger partial charge in [-0.1, -0.05) is 23.4 Å². The van der Waals surface area contributed by atoms with Gasteiger partial charge in [-0.3, -0.25) is 9.89 Å². The van der Waals surface area contributed by atoms with Crippen LogP contribution in [-0.2, 0) is 0 Å². The number of benzene rings is 1. The molecule has 21 heavy (non-hydrogen) atoms. The number of aliphatic hydroxyl groups excluding tert-OH is 1. The van der Waals surface area contributed by atoms with Crippen molar-refractivity contribution in [3.05, 3.63) is 46.2 Å². The standard InChI is InChI=1S/C15H14ClN3O2/c1-10-12(9-17-19-10)15(21)18-14-8-11(4-2-3-7-20)5-6-13(14)16/h5-6,8-9,20H,3,7H2,1H3,(H,17,19)(H,18,21). The second-order valence-corrected chi connectivity index (χ2v) is 4.74. The number of halogens is 1. The average molecular weight is 304 g/mol. The molecule has 0 radical (unpaired) electrons. The van der Waals surface area contributed by atoms with E-state index in [1.165, 1.54) is 6.20 Å². The van der Waals surface area contributed by atoms with Crippen LogP contribution < -0.4 is 5.32 Å². The number of rotatable bonds is 3. The first-order valence-corrected chi connectivity index (χ1v) is 6.70. The molecule has 0 bridgehead atoms. The molecule has 2 aromatic rings. The molecule has 0 unspecified atom stereocenters. The highest BCUT2D eigenvalue weighted by molar-refractivity contribution is 6.34. The normalized spacial score (nSPS) is 9.86. The van der Waals surface area contributed by atoms with E-state index < -0.39 is 0 Å². The summed E-state index contributed by atoms with van der Waals surface area (Å²) in [6.45, 7) is 1.78. The van der Waals surface area contributed by atoms with Crippen LogP contribution in [0, 0.1) is 18.8 Å². The molecule has 5 nitrogen and oxygen atoms in total. The highest BCUT2D eigenvalue weighted by atomic mass is 35.5. The number of carbonyl (C=O) groups is 1. The molecule has 0 fully saturated rings. The number of aliphatic hydroxyl groups is 1. The maximum Gasteiger partial charge on any atom is 0.259 e. The van der Waals surface area contributed by atoms with Crippen LogP contribution >= 0.6 is 11.6 Å². The number of hydrogen-bond donors (Lipinski definition) is 3. The average Bonchev–Trinajstić information content (AvgIpc) is 2.89. The third kappa shape index (κ3) is 3.85. The fourth-order valence-electron chi connectivity index (χ4n) is 1.69. The minimum absolute atomic E-state index is 0.0178. The van der Waals surface area contributed by atoms with Gasteiger partial charge < -0.3 is 10.4 Å². The lowest BCUT2D eigenvalue weighted by Gasteiger charge is -2.07. The van der Waals surface area contributed by atoms with Crippen molar-refractivity contribution in [1.29, 1.82) is 0 Å². The summed E-state index contributed by atoms with van der Waals surface area (Å²) in [6, 6.07) is 5.12. The first kappa shape index (κ1) is 15.1. The summed E-state index contributed by atoms with van der Waals surface area (Å²) < 4.78 is 0. The van der Waals surface area contributed by atoms with Gasteiger partial charge in [0.25, 0.3) is 5.91 Å².